The van der Waals surface area contributed by atoms with Crippen LogP contribution in [0.3, 0.4) is 0 Å². The highest BCUT2D eigenvalue weighted by Gasteiger charge is 2.26. The van der Waals surface area contributed by atoms with Crippen LogP contribution < -0.4 is 10.6 Å². The number of hydrogen-bond donors (Lipinski definition) is 3. The number of rotatable bonds is 6. The zero-order valence-corrected chi connectivity index (χ0v) is 17.6. The second kappa shape index (κ2) is 8.29. The van der Waals surface area contributed by atoms with E-state index < -0.39 is 0 Å². The number of methoxy groups -OCH3 is 1. The summed E-state index contributed by atoms with van der Waals surface area (Å²) in [7, 11) is 3.39. The lowest BCUT2D eigenvalue weighted by atomic mass is 9.94. The van der Waals surface area contributed by atoms with Gasteiger partial charge in [-0.3, -0.25) is 9.89 Å². The number of likely N-dealkylation sites (N-methyl/N-ethyl adjacent to an activating group) is 1. The molecule has 1 aliphatic carbocycles. The normalized spacial score (nSPS) is 16.3. The molecule has 0 aliphatic heterocycles. The minimum atomic E-state index is -0.352. The lowest BCUT2D eigenvalue weighted by Crippen LogP contribution is -2.32. The molecule has 4 rings (SSSR count). The highest BCUT2D eigenvalue weighted by atomic mass is 35.5. The van der Waals surface area contributed by atoms with Crippen LogP contribution in [0.25, 0.3) is 16.5 Å². The van der Waals surface area contributed by atoms with Gasteiger partial charge in [-0.05, 0) is 19.1 Å². The summed E-state index contributed by atoms with van der Waals surface area (Å²) < 4.78 is 7.18. The summed E-state index contributed by atoms with van der Waals surface area (Å²) in [4.78, 5) is 16.8. The number of fused-ring (bicyclic) bond motifs is 1. The molecule has 3 aromatic rings. The van der Waals surface area contributed by atoms with Crippen LogP contribution in [-0.2, 0) is 16.6 Å². The van der Waals surface area contributed by atoms with Crippen LogP contribution in [0.4, 0.5) is 11.6 Å². The first-order valence-corrected chi connectivity index (χ1v) is 9.91. The summed E-state index contributed by atoms with van der Waals surface area (Å²) in [5.74, 6) is 0.983. The van der Waals surface area contributed by atoms with Crippen molar-refractivity contribution in [2.75, 3.05) is 19.0 Å². The fraction of sp³-hybridized carbons (Fsp3) is 0.300. The Hall–Kier alpha value is -3.17. The molecule has 30 heavy (non-hydrogen) atoms. The van der Waals surface area contributed by atoms with Gasteiger partial charge in [0, 0.05) is 43.7 Å². The van der Waals surface area contributed by atoms with Crippen molar-refractivity contribution in [2.24, 2.45) is 7.05 Å². The van der Waals surface area contributed by atoms with Crippen molar-refractivity contribution >= 4 is 45.6 Å². The Bertz CT molecular complexity index is 1160. The van der Waals surface area contributed by atoms with Crippen LogP contribution in [0.5, 0.6) is 0 Å². The maximum atomic E-state index is 12.2. The maximum Gasteiger partial charge on any atom is 0.249 e. The van der Waals surface area contributed by atoms with E-state index in [4.69, 9.17) is 16.3 Å². The van der Waals surface area contributed by atoms with Gasteiger partial charge in [0.15, 0.2) is 5.82 Å². The number of carbonyl (C=O) groups is 1. The van der Waals surface area contributed by atoms with Gasteiger partial charge >= 0.3 is 0 Å². The third-order valence-electron chi connectivity index (χ3n) is 4.96. The van der Waals surface area contributed by atoms with Crippen LogP contribution >= 0.6 is 11.6 Å². The van der Waals surface area contributed by atoms with Gasteiger partial charge in [-0.2, -0.15) is 10.1 Å². The Balaban J connectivity index is 1.60. The predicted molar refractivity (Wildman–Crippen MR) is 116 cm³/mol. The number of aromatic amines is 1. The van der Waals surface area contributed by atoms with E-state index in [-0.39, 0.29) is 12.0 Å². The summed E-state index contributed by atoms with van der Waals surface area (Å²) in [6, 6.07) is 3.76. The minimum absolute atomic E-state index is 0.125. The number of aryl methyl sites for hydroxylation is 1. The molecule has 1 amide bonds. The molecule has 9 nitrogen and oxygen atoms in total. The molecule has 1 aliphatic rings. The van der Waals surface area contributed by atoms with E-state index in [2.05, 4.69) is 30.9 Å². The summed E-state index contributed by atoms with van der Waals surface area (Å²) in [5, 5.41) is 18.8. The molecule has 1 unspecified atom stereocenters. The first-order valence-electron chi connectivity index (χ1n) is 9.53. The molecular formula is C20H22ClN7O2. The second-order valence-corrected chi connectivity index (χ2v) is 7.25. The van der Waals surface area contributed by atoms with Gasteiger partial charge < -0.3 is 15.4 Å². The summed E-state index contributed by atoms with van der Waals surface area (Å²) >= 11 is 6.50. The molecule has 0 saturated carbocycles. The van der Waals surface area contributed by atoms with E-state index in [0.717, 1.165) is 16.5 Å². The van der Waals surface area contributed by atoms with Crippen LogP contribution in [0.1, 0.15) is 19.2 Å². The molecule has 0 radical (unpaired) electrons. The molecule has 0 saturated heterocycles. The first-order chi connectivity index (χ1) is 14.5. The summed E-state index contributed by atoms with van der Waals surface area (Å²) in [6.07, 6.45) is 5.47. The maximum absolute atomic E-state index is 12.2. The SMILES string of the molecule is CCNC(=O)C1=CC=C(c2nc(Nc3ccc4[nH]ncc4c3Cl)n(C)n2)CC1OC. The molecule has 3 N–H and O–H groups in total. The quantitative estimate of drug-likeness (QED) is 0.558. The topological polar surface area (TPSA) is 110 Å². The number of nitrogens with zero attached hydrogens (tertiary/aromatic N) is 4. The zero-order chi connectivity index (χ0) is 21.3. The number of anilines is 2. The van der Waals surface area contributed by atoms with Gasteiger partial charge in [0.25, 0.3) is 0 Å². The van der Waals surface area contributed by atoms with E-state index in [1.165, 1.54) is 0 Å². The molecule has 156 valence electrons. The van der Waals surface area contributed by atoms with Gasteiger partial charge in [-0.25, -0.2) is 4.68 Å². The van der Waals surface area contributed by atoms with Crippen molar-refractivity contribution in [1.29, 1.82) is 0 Å². The summed E-state index contributed by atoms with van der Waals surface area (Å²) in [5.41, 5.74) is 3.04. The largest absolute Gasteiger partial charge is 0.376 e. The van der Waals surface area contributed by atoms with Crippen molar-refractivity contribution in [1.82, 2.24) is 30.3 Å². The average Bonchev–Trinajstić information content (AvgIpc) is 3.37. The van der Waals surface area contributed by atoms with Gasteiger partial charge in [0.1, 0.15) is 0 Å². The van der Waals surface area contributed by atoms with Crippen molar-refractivity contribution < 1.29 is 9.53 Å². The number of carbonyl (C=O) groups excluding carboxylic acids is 1. The molecule has 0 fully saturated rings. The van der Waals surface area contributed by atoms with Crippen LogP contribution in [0.2, 0.25) is 5.02 Å². The van der Waals surface area contributed by atoms with E-state index in [1.54, 1.807) is 31.1 Å². The highest BCUT2D eigenvalue weighted by Crippen LogP contribution is 2.32. The van der Waals surface area contributed by atoms with Crippen molar-refractivity contribution in [3.63, 3.8) is 0 Å². The first kappa shape index (κ1) is 20.1. The third kappa shape index (κ3) is 3.69. The Morgan fingerprint density at radius 1 is 1.40 bits per heavy atom. The van der Waals surface area contributed by atoms with Gasteiger partial charge in [0.05, 0.1) is 28.5 Å². The number of ether oxygens (including phenoxy) is 1. The number of amides is 1. The Labute approximate surface area is 178 Å². The fourth-order valence-corrected chi connectivity index (χ4v) is 3.63. The monoisotopic (exact) mass is 427 g/mol. The molecule has 2 aromatic heterocycles. The Kier molecular flexibility index (Phi) is 5.56. The van der Waals surface area contributed by atoms with Crippen molar-refractivity contribution in [3.8, 4) is 0 Å². The number of hydrogen-bond acceptors (Lipinski definition) is 6. The number of allylic oxidation sites excluding steroid dienone is 2. The highest BCUT2D eigenvalue weighted by molar-refractivity contribution is 6.38. The Morgan fingerprint density at radius 2 is 2.23 bits per heavy atom. The second-order valence-electron chi connectivity index (χ2n) is 6.87. The molecule has 0 spiro atoms. The fourth-order valence-electron chi connectivity index (χ4n) is 3.37. The van der Waals surface area contributed by atoms with Crippen molar-refractivity contribution in [2.45, 2.75) is 19.4 Å². The lowest BCUT2D eigenvalue weighted by molar-refractivity contribution is -0.118. The van der Waals surface area contributed by atoms with Gasteiger partial charge in [-0.1, -0.05) is 23.8 Å². The van der Waals surface area contributed by atoms with Crippen LogP contribution in [0, 0.1) is 0 Å². The Morgan fingerprint density at radius 3 is 3.00 bits per heavy atom. The van der Waals surface area contributed by atoms with E-state index >= 15 is 0 Å². The van der Waals surface area contributed by atoms with Gasteiger partial charge in [-0.15, -0.1) is 5.10 Å². The molecule has 1 aromatic carbocycles. The minimum Gasteiger partial charge on any atom is -0.376 e. The van der Waals surface area contributed by atoms with E-state index in [9.17, 15) is 4.79 Å². The van der Waals surface area contributed by atoms with Gasteiger partial charge in [0.2, 0.25) is 11.9 Å². The summed E-state index contributed by atoms with van der Waals surface area (Å²) in [6.45, 7) is 2.44. The number of halogens is 1. The van der Waals surface area contributed by atoms with Crippen LogP contribution in [0.15, 0.2) is 36.1 Å². The molecule has 10 heteroatoms. The van der Waals surface area contributed by atoms with Crippen molar-refractivity contribution in [3.05, 3.63) is 46.9 Å². The number of H-pyrrole nitrogens is 1. The molecular weight excluding hydrogens is 406 g/mol. The van der Waals surface area contributed by atoms with E-state index in [0.29, 0.717) is 41.0 Å². The van der Waals surface area contributed by atoms with E-state index in [1.807, 2.05) is 25.1 Å². The van der Waals surface area contributed by atoms with Crippen LogP contribution in [-0.4, -0.2) is 50.6 Å². The zero-order valence-electron chi connectivity index (χ0n) is 16.9. The smallest absolute Gasteiger partial charge is 0.249 e. The molecule has 1 atom stereocenters. The molecule has 2 heterocycles. The molecule has 0 bridgehead atoms. The number of aromatic nitrogens is 5. The number of nitrogens with one attached hydrogen (secondary N) is 3. The standard InChI is InChI=1S/C20H22ClN7O2/c1-4-22-19(29)12-6-5-11(9-16(12)30-3)18-25-20(28(2)27-18)24-15-8-7-14-13(17(15)21)10-23-26-14/h5-8,10,16H,4,9H2,1-3H3,(H,22,29)(H,23,26)(H,24,25,27). The predicted octanol–water partition coefficient (Wildman–Crippen LogP) is 2.95. The average molecular weight is 428 g/mol. The lowest BCUT2D eigenvalue weighted by Gasteiger charge is -2.22. The number of benzene rings is 1. The third-order valence-corrected chi connectivity index (χ3v) is 5.36.